The Bertz CT molecular complexity index is 853. The monoisotopic (exact) mass is 382 g/mol. The van der Waals surface area contributed by atoms with Gasteiger partial charge in [-0.25, -0.2) is 0 Å². The average Bonchev–Trinajstić information content (AvgIpc) is 3.08. The van der Waals surface area contributed by atoms with Gasteiger partial charge in [-0.05, 0) is 75.7 Å². The molecule has 0 unspecified atom stereocenters. The zero-order valence-electron chi connectivity index (χ0n) is 16.0. The fourth-order valence-electron chi connectivity index (χ4n) is 6.19. The number of thioether (sulfide) groups is 1. The van der Waals surface area contributed by atoms with Crippen LogP contribution < -0.4 is 0 Å². The predicted octanol–water partition coefficient (Wildman–Crippen LogP) is 5.13. The van der Waals surface area contributed by atoms with Crippen LogP contribution in [0.15, 0.2) is 27.8 Å². The lowest BCUT2D eigenvalue weighted by atomic mass is 9.49. The number of carbonyl (C=O) groups is 1. The third-order valence-corrected chi connectivity index (χ3v) is 7.73. The Kier molecular flexibility index (Phi) is 4.19. The third-order valence-electron chi connectivity index (χ3n) is 6.91. The lowest BCUT2D eigenvalue weighted by molar-refractivity contribution is -0.0191. The molecule has 4 nitrogen and oxygen atoms in total. The van der Waals surface area contributed by atoms with Crippen LogP contribution in [-0.2, 0) is 5.41 Å². The van der Waals surface area contributed by atoms with Gasteiger partial charge in [-0.1, -0.05) is 35.5 Å². The Labute approximate surface area is 164 Å². The Morgan fingerprint density at radius 1 is 1.11 bits per heavy atom. The molecule has 4 aliphatic carbocycles. The van der Waals surface area contributed by atoms with Crippen LogP contribution in [0.1, 0.15) is 65.9 Å². The smallest absolute Gasteiger partial charge is 0.277 e. The molecule has 5 heteroatoms. The van der Waals surface area contributed by atoms with Crippen molar-refractivity contribution < 1.29 is 9.21 Å². The van der Waals surface area contributed by atoms with Crippen molar-refractivity contribution in [1.82, 2.24) is 10.2 Å². The molecule has 4 saturated carbocycles. The van der Waals surface area contributed by atoms with Crippen LogP contribution in [0.2, 0.25) is 0 Å². The van der Waals surface area contributed by atoms with Crippen molar-refractivity contribution in [3.05, 3.63) is 40.8 Å². The Morgan fingerprint density at radius 3 is 2.41 bits per heavy atom. The minimum absolute atomic E-state index is 0.118. The van der Waals surface area contributed by atoms with Crippen molar-refractivity contribution in [2.75, 3.05) is 5.75 Å². The van der Waals surface area contributed by atoms with Gasteiger partial charge in [-0.3, -0.25) is 4.79 Å². The first-order valence-corrected chi connectivity index (χ1v) is 11.1. The van der Waals surface area contributed by atoms with Crippen LogP contribution in [0.25, 0.3) is 0 Å². The highest BCUT2D eigenvalue weighted by molar-refractivity contribution is 7.99. The molecule has 1 aromatic heterocycles. The quantitative estimate of drug-likeness (QED) is 0.530. The number of ketones is 1. The number of aromatic nitrogens is 2. The number of aryl methyl sites for hydroxylation is 2. The molecular weight excluding hydrogens is 356 g/mol. The molecule has 0 spiro atoms. The van der Waals surface area contributed by atoms with Gasteiger partial charge in [-0.2, -0.15) is 0 Å². The van der Waals surface area contributed by atoms with E-state index < -0.39 is 0 Å². The van der Waals surface area contributed by atoms with Crippen LogP contribution >= 0.6 is 11.8 Å². The van der Waals surface area contributed by atoms with Crippen LogP contribution in [0, 0.1) is 31.6 Å². The lowest BCUT2D eigenvalue weighted by Gasteiger charge is -2.55. The minimum atomic E-state index is 0.118. The van der Waals surface area contributed by atoms with E-state index in [0.717, 1.165) is 34.8 Å². The average molecular weight is 383 g/mol. The third kappa shape index (κ3) is 3.14. The van der Waals surface area contributed by atoms with Crippen LogP contribution in [0.4, 0.5) is 0 Å². The van der Waals surface area contributed by atoms with E-state index in [1.165, 1.54) is 55.9 Å². The molecule has 0 radical (unpaired) electrons. The summed E-state index contributed by atoms with van der Waals surface area (Å²) in [6, 6.07) is 5.96. The predicted molar refractivity (Wildman–Crippen MR) is 105 cm³/mol. The summed E-state index contributed by atoms with van der Waals surface area (Å²) in [5.74, 6) is 3.85. The Balaban J connectivity index is 1.28. The summed E-state index contributed by atoms with van der Waals surface area (Å²) in [5.41, 5.74) is 3.11. The number of hydrogen-bond acceptors (Lipinski definition) is 5. The molecule has 1 heterocycles. The number of rotatable bonds is 5. The van der Waals surface area contributed by atoms with Gasteiger partial charge in [0.15, 0.2) is 5.78 Å². The molecular formula is C22H26N2O2S. The van der Waals surface area contributed by atoms with Gasteiger partial charge in [0.05, 0.1) is 5.75 Å². The van der Waals surface area contributed by atoms with E-state index in [2.05, 4.69) is 16.3 Å². The fraction of sp³-hybridized carbons (Fsp3) is 0.591. The summed E-state index contributed by atoms with van der Waals surface area (Å²) in [6.07, 6.45) is 7.85. The summed E-state index contributed by atoms with van der Waals surface area (Å²) in [5, 5.41) is 9.25. The largest absolute Gasteiger partial charge is 0.415 e. The van der Waals surface area contributed by atoms with Crippen molar-refractivity contribution >= 4 is 17.5 Å². The molecule has 142 valence electrons. The first-order chi connectivity index (χ1) is 13.0. The molecule has 27 heavy (non-hydrogen) atoms. The van der Waals surface area contributed by atoms with Crippen molar-refractivity contribution in [3.63, 3.8) is 0 Å². The molecule has 2 aromatic rings. The number of nitrogens with zero attached hydrogens (tertiary/aromatic N) is 2. The first-order valence-electron chi connectivity index (χ1n) is 10.1. The van der Waals surface area contributed by atoms with Crippen molar-refractivity contribution in [2.24, 2.45) is 17.8 Å². The standard InChI is InChI=1S/C22H26N2O2S/c1-13-3-4-18(14(2)5-13)19(25)12-27-21-24-23-20(26-21)22-9-15-6-16(10-22)8-17(7-15)11-22/h3-5,15-17H,6-12H2,1-2H3. The Hall–Kier alpha value is -1.62. The summed E-state index contributed by atoms with van der Waals surface area (Å²) >= 11 is 1.37. The van der Waals surface area contributed by atoms with Gasteiger partial charge in [0.1, 0.15) is 0 Å². The Morgan fingerprint density at radius 2 is 1.78 bits per heavy atom. The lowest BCUT2D eigenvalue weighted by Crippen LogP contribution is -2.48. The first kappa shape index (κ1) is 17.5. The molecule has 0 atom stereocenters. The summed E-state index contributed by atoms with van der Waals surface area (Å²) in [6.45, 7) is 4.03. The van der Waals surface area contributed by atoms with E-state index in [1.807, 2.05) is 26.0 Å². The molecule has 0 N–H and O–H groups in total. The van der Waals surface area contributed by atoms with Crippen molar-refractivity contribution in [1.29, 1.82) is 0 Å². The van der Waals surface area contributed by atoms with E-state index in [4.69, 9.17) is 4.42 Å². The van der Waals surface area contributed by atoms with E-state index in [-0.39, 0.29) is 11.2 Å². The molecule has 0 aliphatic heterocycles. The summed E-state index contributed by atoms with van der Waals surface area (Å²) in [7, 11) is 0. The molecule has 6 rings (SSSR count). The molecule has 0 amide bonds. The van der Waals surface area contributed by atoms with Gasteiger partial charge < -0.3 is 4.42 Å². The van der Waals surface area contributed by atoms with E-state index >= 15 is 0 Å². The summed E-state index contributed by atoms with van der Waals surface area (Å²) in [4.78, 5) is 12.6. The maximum Gasteiger partial charge on any atom is 0.277 e. The SMILES string of the molecule is Cc1ccc(C(=O)CSc2nnc(C34CC5CC(CC(C5)C3)C4)o2)c(C)c1. The van der Waals surface area contributed by atoms with Crippen molar-refractivity contribution in [2.45, 2.75) is 63.0 Å². The second-order valence-corrected chi connectivity index (χ2v) is 10.0. The maximum absolute atomic E-state index is 12.6. The van der Waals surface area contributed by atoms with Gasteiger partial charge in [0.2, 0.25) is 5.89 Å². The second-order valence-electron chi connectivity index (χ2n) is 9.10. The second kappa shape index (κ2) is 6.47. The summed E-state index contributed by atoms with van der Waals surface area (Å²) < 4.78 is 6.09. The molecule has 4 aliphatic rings. The zero-order chi connectivity index (χ0) is 18.6. The highest BCUT2D eigenvalue weighted by Crippen LogP contribution is 2.60. The van der Waals surface area contributed by atoms with Crippen LogP contribution in [0.3, 0.4) is 0 Å². The topological polar surface area (TPSA) is 56.0 Å². The minimum Gasteiger partial charge on any atom is -0.415 e. The van der Waals surface area contributed by atoms with Gasteiger partial charge in [-0.15, -0.1) is 10.2 Å². The normalized spacial score (nSPS) is 31.4. The van der Waals surface area contributed by atoms with Gasteiger partial charge in [0, 0.05) is 11.0 Å². The molecule has 4 bridgehead atoms. The number of carbonyl (C=O) groups excluding carboxylic acids is 1. The molecule has 4 fully saturated rings. The number of hydrogen-bond donors (Lipinski definition) is 0. The van der Waals surface area contributed by atoms with Crippen LogP contribution in [0.5, 0.6) is 0 Å². The van der Waals surface area contributed by atoms with Gasteiger partial charge >= 0.3 is 0 Å². The highest BCUT2D eigenvalue weighted by atomic mass is 32.2. The van der Waals surface area contributed by atoms with E-state index in [9.17, 15) is 4.79 Å². The maximum atomic E-state index is 12.6. The number of benzene rings is 1. The zero-order valence-corrected chi connectivity index (χ0v) is 16.8. The molecule has 0 saturated heterocycles. The molecule has 1 aromatic carbocycles. The van der Waals surface area contributed by atoms with E-state index in [0.29, 0.717) is 11.0 Å². The van der Waals surface area contributed by atoms with Crippen molar-refractivity contribution in [3.8, 4) is 0 Å². The fourth-order valence-corrected chi connectivity index (χ4v) is 6.83. The van der Waals surface area contributed by atoms with Crippen LogP contribution in [-0.4, -0.2) is 21.7 Å². The highest BCUT2D eigenvalue weighted by Gasteiger charge is 2.54. The van der Waals surface area contributed by atoms with E-state index in [1.54, 1.807) is 0 Å². The van der Waals surface area contributed by atoms with Gasteiger partial charge in [0.25, 0.3) is 5.22 Å². The number of Topliss-reactive ketones (excluding diaryl/α,β-unsaturated/α-hetero) is 1.